The van der Waals surface area contributed by atoms with Crippen LogP contribution in [-0.2, 0) is 6.54 Å². The number of carboxylic acids is 1. The first-order chi connectivity index (χ1) is 8.99. The Kier molecular flexibility index (Phi) is 4.07. The van der Waals surface area contributed by atoms with E-state index in [-0.39, 0.29) is 5.76 Å². The predicted molar refractivity (Wildman–Crippen MR) is 74.6 cm³/mol. The summed E-state index contributed by atoms with van der Waals surface area (Å²) in [6.45, 7) is 4.60. The molecule has 0 aliphatic rings. The van der Waals surface area contributed by atoms with Crippen molar-refractivity contribution in [3.8, 4) is 0 Å². The minimum absolute atomic E-state index is 0.00433. The van der Waals surface area contributed by atoms with Crippen LogP contribution in [0.15, 0.2) is 28.0 Å². The summed E-state index contributed by atoms with van der Waals surface area (Å²) in [5.74, 6) is -0.351. The highest BCUT2D eigenvalue weighted by Crippen LogP contribution is 2.26. The monoisotopic (exact) mass is 279 g/mol. The highest BCUT2D eigenvalue weighted by molar-refractivity contribution is 7.10. The van der Waals surface area contributed by atoms with Gasteiger partial charge in [0.05, 0.1) is 0 Å². The molecule has 2 aromatic heterocycles. The summed E-state index contributed by atoms with van der Waals surface area (Å²) in [5, 5.41) is 11.0. The van der Waals surface area contributed by atoms with Crippen LogP contribution in [0.2, 0.25) is 0 Å². The van der Waals surface area contributed by atoms with E-state index < -0.39 is 5.97 Å². The van der Waals surface area contributed by atoms with E-state index in [2.05, 4.69) is 23.3 Å². The summed E-state index contributed by atoms with van der Waals surface area (Å²) in [5.41, 5.74) is 0.920. The molecule has 0 aliphatic carbocycles. The quantitative estimate of drug-likeness (QED) is 0.909. The van der Waals surface area contributed by atoms with Crippen LogP contribution >= 0.6 is 11.3 Å². The van der Waals surface area contributed by atoms with Gasteiger partial charge in [-0.15, -0.1) is 11.3 Å². The molecule has 1 unspecified atom stereocenters. The molecule has 0 fully saturated rings. The van der Waals surface area contributed by atoms with Crippen molar-refractivity contribution in [2.24, 2.45) is 0 Å². The molecular formula is C14H17NO3S. The molecule has 0 spiro atoms. The average molecular weight is 279 g/mol. The number of hydrogen-bond donors (Lipinski definition) is 1. The van der Waals surface area contributed by atoms with Crippen molar-refractivity contribution in [3.05, 3.63) is 45.5 Å². The fraction of sp³-hybridized carbons (Fsp3) is 0.357. The van der Waals surface area contributed by atoms with Gasteiger partial charge in [0, 0.05) is 23.0 Å². The third kappa shape index (κ3) is 3.05. The van der Waals surface area contributed by atoms with Crippen molar-refractivity contribution in [2.75, 3.05) is 7.05 Å². The molecule has 1 atom stereocenters. The van der Waals surface area contributed by atoms with Gasteiger partial charge in [0.2, 0.25) is 5.76 Å². The summed E-state index contributed by atoms with van der Waals surface area (Å²) in [6, 6.07) is 6.05. The van der Waals surface area contributed by atoms with Crippen molar-refractivity contribution in [1.82, 2.24) is 4.90 Å². The lowest BCUT2D eigenvalue weighted by Crippen LogP contribution is -2.21. The number of aromatic carboxylic acids is 1. The van der Waals surface area contributed by atoms with E-state index in [0.717, 1.165) is 5.56 Å². The first-order valence-electron chi connectivity index (χ1n) is 6.05. The summed E-state index contributed by atoms with van der Waals surface area (Å²) in [6.07, 6.45) is 0. The molecule has 102 valence electrons. The lowest BCUT2D eigenvalue weighted by Gasteiger charge is -2.23. The molecule has 0 saturated heterocycles. The topological polar surface area (TPSA) is 53.7 Å². The molecule has 2 rings (SSSR count). The average Bonchev–Trinajstić information content (AvgIpc) is 2.99. The molecule has 4 nitrogen and oxygen atoms in total. The maximum Gasteiger partial charge on any atom is 0.371 e. The van der Waals surface area contributed by atoms with Crippen molar-refractivity contribution in [2.45, 2.75) is 26.4 Å². The Balaban J connectivity index is 2.10. The maximum atomic E-state index is 10.9. The molecule has 0 amide bonds. The summed E-state index contributed by atoms with van der Waals surface area (Å²) >= 11 is 1.72. The van der Waals surface area contributed by atoms with Crippen LogP contribution in [0.4, 0.5) is 0 Å². The second-order valence-electron chi connectivity index (χ2n) is 4.60. The third-order valence-corrected chi connectivity index (χ3v) is 4.31. The molecule has 19 heavy (non-hydrogen) atoms. The van der Waals surface area contributed by atoms with Gasteiger partial charge in [-0.3, -0.25) is 4.90 Å². The number of carboxylic acid groups (broad SMARTS) is 1. The Hall–Kier alpha value is -1.59. The van der Waals surface area contributed by atoms with E-state index in [1.165, 1.54) is 4.88 Å². The van der Waals surface area contributed by atoms with Crippen LogP contribution in [0, 0.1) is 6.92 Å². The Morgan fingerprint density at radius 2 is 2.32 bits per heavy atom. The molecule has 0 aromatic carbocycles. The highest BCUT2D eigenvalue weighted by Gasteiger charge is 2.17. The first-order valence-corrected chi connectivity index (χ1v) is 6.93. The maximum absolute atomic E-state index is 10.9. The number of carbonyl (C=O) groups is 1. The van der Waals surface area contributed by atoms with Crippen LogP contribution in [0.1, 0.15) is 39.7 Å². The van der Waals surface area contributed by atoms with Crippen LogP contribution in [0.5, 0.6) is 0 Å². The number of thiophene rings is 1. The summed E-state index contributed by atoms with van der Waals surface area (Å²) in [4.78, 5) is 14.3. The minimum atomic E-state index is -1.02. The Morgan fingerprint density at radius 1 is 1.58 bits per heavy atom. The van der Waals surface area contributed by atoms with Gasteiger partial charge in [-0.2, -0.15) is 0 Å². The van der Waals surface area contributed by atoms with Crippen LogP contribution in [0.3, 0.4) is 0 Å². The number of nitrogens with zero attached hydrogens (tertiary/aromatic N) is 1. The van der Waals surface area contributed by atoms with E-state index in [1.54, 1.807) is 24.3 Å². The highest BCUT2D eigenvalue weighted by atomic mass is 32.1. The van der Waals surface area contributed by atoms with Crippen molar-refractivity contribution < 1.29 is 14.3 Å². The van der Waals surface area contributed by atoms with Gasteiger partial charge in [0.1, 0.15) is 5.76 Å². The predicted octanol–water partition coefficient (Wildman–Crippen LogP) is 3.54. The van der Waals surface area contributed by atoms with Crippen molar-refractivity contribution in [1.29, 1.82) is 0 Å². The zero-order valence-corrected chi connectivity index (χ0v) is 12.0. The van der Waals surface area contributed by atoms with Gasteiger partial charge >= 0.3 is 5.97 Å². The van der Waals surface area contributed by atoms with E-state index in [4.69, 9.17) is 9.52 Å². The fourth-order valence-corrected chi connectivity index (χ4v) is 2.78. The lowest BCUT2D eigenvalue weighted by atomic mass is 10.2. The molecule has 1 N–H and O–H groups in total. The normalized spacial score (nSPS) is 12.8. The number of hydrogen-bond acceptors (Lipinski definition) is 4. The van der Waals surface area contributed by atoms with Gasteiger partial charge in [0.25, 0.3) is 0 Å². The lowest BCUT2D eigenvalue weighted by molar-refractivity contribution is 0.0661. The molecule has 0 aliphatic heterocycles. The van der Waals surface area contributed by atoms with Gasteiger partial charge < -0.3 is 9.52 Å². The fourth-order valence-electron chi connectivity index (χ4n) is 1.93. The van der Waals surface area contributed by atoms with Gasteiger partial charge in [0.15, 0.2) is 0 Å². The Bertz CT molecular complexity index is 559. The van der Waals surface area contributed by atoms with Crippen molar-refractivity contribution in [3.63, 3.8) is 0 Å². The first kappa shape index (κ1) is 13.8. The van der Waals surface area contributed by atoms with Crippen LogP contribution in [-0.4, -0.2) is 23.0 Å². The van der Waals surface area contributed by atoms with E-state index in [0.29, 0.717) is 18.3 Å². The van der Waals surface area contributed by atoms with Gasteiger partial charge in [-0.1, -0.05) is 6.07 Å². The number of aryl methyl sites for hydroxylation is 1. The van der Waals surface area contributed by atoms with Crippen molar-refractivity contribution >= 4 is 17.3 Å². The molecule has 0 bridgehead atoms. The molecule has 2 heterocycles. The van der Waals surface area contributed by atoms with Gasteiger partial charge in [-0.25, -0.2) is 4.79 Å². The zero-order chi connectivity index (χ0) is 14.0. The second kappa shape index (κ2) is 5.59. The second-order valence-corrected chi connectivity index (χ2v) is 5.58. The van der Waals surface area contributed by atoms with Crippen LogP contribution in [0.25, 0.3) is 0 Å². The SMILES string of the molecule is Cc1oc(C(=O)O)cc1CN(C)C(C)c1cccs1. The Labute approximate surface area is 116 Å². The third-order valence-electron chi connectivity index (χ3n) is 3.27. The molecule has 2 aromatic rings. The van der Waals surface area contributed by atoms with E-state index in [9.17, 15) is 4.79 Å². The van der Waals surface area contributed by atoms with Gasteiger partial charge in [-0.05, 0) is 38.4 Å². The van der Waals surface area contributed by atoms with E-state index >= 15 is 0 Å². The smallest absolute Gasteiger partial charge is 0.371 e. The molecule has 5 heteroatoms. The Morgan fingerprint density at radius 3 is 2.84 bits per heavy atom. The van der Waals surface area contributed by atoms with Crippen LogP contribution < -0.4 is 0 Å². The minimum Gasteiger partial charge on any atom is -0.475 e. The van der Waals surface area contributed by atoms with E-state index in [1.807, 2.05) is 13.1 Å². The zero-order valence-electron chi connectivity index (χ0n) is 11.2. The molecule has 0 saturated carbocycles. The summed E-state index contributed by atoms with van der Waals surface area (Å²) in [7, 11) is 2.03. The number of rotatable bonds is 5. The molecule has 0 radical (unpaired) electrons. The standard InChI is InChI=1S/C14H17NO3S/c1-9(13-5-4-6-19-13)15(3)8-11-7-12(14(16)17)18-10(11)2/h4-7,9H,8H2,1-3H3,(H,16,17). The molecular weight excluding hydrogens is 262 g/mol. The number of furan rings is 1. The largest absolute Gasteiger partial charge is 0.475 e. The summed E-state index contributed by atoms with van der Waals surface area (Å²) < 4.78 is 5.22.